The maximum absolute atomic E-state index is 12.3. The number of aryl methyl sites for hydroxylation is 2. The molecule has 104 valence electrons. The van der Waals surface area contributed by atoms with Crippen molar-refractivity contribution in [3.8, 4) is 0 Å². The molecule has 1 aliphatic rings. The van der Waals surface area contributed by atoms with Crippen molar-refractivity contribution < 1.29 is 9.32 Å². The number of hydrogen-bond acceptors (Lipinski definition) is 4. The van der Waals surface area contributed by atoms with Crippen LogP contribution in [-0.2, 0) is 12.8 Å². The molecule has 2 heterocycles. The van der Waals surface area contributed by atoms with Crippen molar-refractivity contribution in [1.82, 2.24) is 10.1 Å². The zero-order valence-electron chi connectivity index (χ0n) is 11.5. The van der Waals surface area contributed by atoms with Crippen molar-refractivity contribution in [3.63, 3.8) is 0 Å². The zero-order chi connectivity index (χ0) is 13.9. The lowest BCUT2D eigenvalue weighted by atomic mass is 10.1. The predicted molar refractivity (Wildman–Crippen MR) is 74.7 cm³/mol. The van der Waals surface area contributed by atoms with Gasteiger partial charge in [0, 0.05) is 18.2 Å². The molecule has 0 bridgehead atoms. The first-order valence-corrected chi connectivity index (χ1v) is 6.96. The van der Waals surface area contributed by atoms with Gasteiger partial charge in [0.05, 0.1) is 0 Å². The number of amides is 1. The van der Waals surface area contributed by atoms with Crippen LogP contribution in [0.25, 0.3) is 0 Å². The number of pyridine rings is 1. The fourth-order valence-corrected chi connectivity index (χ4v) is 2.52. The van der Waals surface area contributed by atoms with Gasteiger partial charge < -0.3 is 9.84 Å². The Morgan fingerprint density at radius 1 is 1.30 bits per heavy atom. The summed E-state index contributed by atoms with van der Waals surface area (Å²) in [6.45, 7) is 1.91. The highest BCUT2D eigenvalue weighted by atomic mass is 16.5. The number of anilines is 1. The molecule has 2 aromatic heterocycles. The monoisotopic (exact) mass is 271 g/mol. The summed E-state index contributed by atoms with van der Waals surface area (Å²) in [5, 5.41) is 6.76. The van der Waals surface area contributed by atoms with Gasteiger partial charge in [-0.2, -0.15) is 0 Å². The first-order valence-electron chi connectivity index (χ1n) is 6.96. The van der Waals surface area contributed by atoms with Crippen LogP contribution in [0.5, 0.6) is 0 Å². The summed E-state index contributed by atoms with van der Waals surface area (Å²) < 4.78 is 5.32. The maximum atomic E-state index is 12.3. The third-order valence-electron chi connectivity index (χ3n) is 3.66. The molecule has 1 amide bonds. The Bertz CT molecular complexity index is 634. The van der Waals surface area contributed by atoms with Gasteiger partial charge >= 0.3 is 0 Å². The van der Waals surface area contributed by atoms with Gasteiger partial charge in [0.1, 0.15) is 11.6 Å². The number of rotatable bonds is 2. The standard InChI is InChI=1S/C15H17N3O2/c1-10-6-5-9-16-14(10)17-15(19)13-11-7-3-2-4-8-12(11)20-18-13/h5-6,9H,2-4,7-8H2,1H3,(H,16,17,19). The summed E-state index contributed by atoms with van der Waals surface area (Å²) in [6, 6.07) is 3.75. The molecule has 5 heteroatoms. The Balaban J connectivity index is 1.85. The topological polar surface area (TPSA) is 68.0 Å². The van der Waals surface area contributed by atoms with Crippen molar-refractivity contribution in [3.05, 3.63) is 40.9 Å². The van der Waals surface area contributed by atoms with Gasteiger partial charge in [0.15, 0.2) is 5.69 Å². The average Bonchev–Trinajstić information content (AvgIpc) is 2.71. The van der Waals surface area contributed by atoms with Crippen LogP contribution in [0.1, 0.15) is 46.6 Å². The predicted octanol–water partition coefficient (Wildman–Crippen LogP) is 2.90. The normalized spacial score (nSPS) is 14.4. The smallest absolute Gasteiger partial charge is 0.279 e. The average molecular weight is 271 g/mol. The second-order valence-electron chi connectivity index (χ2n) is 5.12. The Morgan fingerprint density at radius 2 is 2.15 bits per heavy atom. The fraction of sp³-hybridized carbons (Fsp3) is 0.400. The summed E-state index contributed by atoms with van der Waals surface area (Å²) in [5.41, 5.74) is 2.30. The number of aromatic nitrogens is 2. The first-order chi connectivity index (χ1) is 9.75. The lowest BCUT2D eigenvalue weighted by Crippen LogP contribution is -2.16. The van der Waals surface area contributed by atoms with Crippen molar-refractivity contribution in [2.24, 2.45) is 0 Å². The maximum Gasteiger partial charge on any atom is 0.279 e. The van der Waals surface area contributed by atoms with Crippen molar-refractivity contribution >= 4 is 11.7 Å². The molecule has 0 aromatic carbocycles. The van der Waals surface area contributed by atoms with Crippen LogP contribution in [0, 0.1) is 6.92 Å². The Kier molecular flexibility index (Phi) is 3.50. The van der Waals surface area contributed by atoms with E-state index < -0.39 is 0 Å². The number of nitrogens with zero attached hydrogens (tertiary/aromatic N) is 2. The molecule has 0 saturated carbocycles. The molecule has 20 heavy (non-hydrogen) atoms. The summed E-state index contributed by atoms with van der Waals surface area (Å²) >= 11 is 0. The van der Waals surface area contributed by atoms with Crippen LogP contribution in [0.4, 0.5) is 5.82 Å². The van der Waals surface area contributed by atoms with E-state index in [1.807, 2.05) is 19.1 Å². The summed E-state index contributed by atoms with van der Waals surface area (Å²) in [7, 11) is 0. The fourth-order valence-electron chi connectivity index (χ4n) is 2.52. The minimum Gasteiger partial charge on any atom is -0.360 e. The van der Waals surface area contributed by atoms with Crippen molar-refractivity contribution in [2.45, 2.75) is 39.0 Å². The molecule has 1 aliphatic carbocycles. The van der Waals surface area contributed by atoms with Crippen molar-refractivity contribution in [1.29, 1.82) is 0 Å². The van der Waals surface area contributed by atoms with Crippen LogP contribution in [-0.4, -0.2) is 16.0 Å². The largest absolute Gasteiger partial charge is 0.360 e. The molecule has 0 radical (unpaired) electrons. The minimum absolute atomic E-state index is 0.237. The van der Waals surface area contributed by atoms with E-state index in [0.29, 0.717) is 11.5 Å². The number of nitrogens with one attached hydrogen (secondary N) is 1. The summed E-state index contributed by atoms with van der Waals surface area (Å²) in [6.07, 6.45) is 6.75. The third kappa shape index (κ3) is 2.43. The molecule has 0 saturated heterocycles. The van der Waals surface area contributed by atoms with Crippen LogP contribution >= 0.6 is 0 Å². The highest BCUT2D eigenvalue weighted by Crippen LogP contribution is 2.24. The van der Waals surface area contributed by atoms with Crippen LogP contribution in [0.15, 0.2) is 22.9 Å². The van der Waals surface area contributed by atoms with Crippen LogP contribution in [0.3, 0.4) is 0 Å². The van der Waals surface area contributed by atoms with E-state index in [-0.39, 0.29) is 5.91 Å². The van der Waals surface area contributed by atoms with Crippen LogP contribution < -0.4 is 5.32 Å². The molecular formula is C15H17N3O2. The van der Waals surface area contributed by atoms with E-state index in [4.69, 9.17) is 4.52 Å². The summed E-state index contributed by atoms with van der Waals surface area (Å²) in [5.74, 6) is 1.20. The molecule has 0 spiro atoms. The van der Waals surface area contributed by atoms with Gasteiger partial charge in [-0.3, -0.25) is 4.79 Å². The van der Waals surface area contributed by atoms with E-state index in [9.17, 15) is 4.79 Å². The van der Waals surface area contributed by atoms with Gasteiger partial charge in [-0.25, -0.2) is 4.98 Å². The SMILES string of the molecule is Cc1cccnc1NC(=O)c1noc2c1CCCCC2. The Labute approximate surface area is 117 Å². The molecule has 0 unspecified atom stereocenters. The van der Waals surface area contributed by atoms with Gasteiger partial charge in [-0.15, -0.1) is 0 Å². The molecule has 0 fully saturated rings. The number of carbonyl (C=O) groups is 1. The van der Waals surface area contributed by atoms with Gasteiger partial charge in [-0.1, -0.05) is 17.6 Å². The second-order valence-corrected chi connectivity index (χ2v) is 5.12. The van der Waals surface area contributed by atoms with Gasteiger partial charge in [0.25, 0.3) is 5.91 Å². The lowest BCUT2D eigenvalue weighted by Gasteiger charge is -2.06. The molecule has 0 aliphatic heterocycles. The number of hydrogen-bond donors (Lipinski definition) is 1. The van der Waals surface area contributed by atoms with E-state index in [2.05, 4.69) is 15.5 Å². The van der Waals surface area contributed by atoms with E-state index in [0.717, 1.165) is 42.6 Å². The van der Waals surface area contributed by atoms with Crippen LogP contribution in [0.2, 0.25) is 0 Å². The highest BCUT2D eigenvalue weighted by Gasteiger charge is 2.23. The highest BCUT2D eigenvalue weighted by molar-refractivity contribution is 6.03. The number of carbonyl (C=O) groups excluding carboxylic acids is 1. The number of fused-ring (bicyclic) bond motifs is 1. The molecule has 2 aromatic rings. The second kappa shape index (κ2) is 5.45. The molecule has 5 nitrogen and oxygen atoms in total. The lowest BCUT2D eigenvalue weighted by molar-refractivity contribution is 0.101. The van der Waals surface area contributed by atoms with Gasteiger partial charge in [0.2, 0.25) is 0 Å². The quantitative estimate of drug-likeness (QED) is 0.853. The van der Waals surface area contributed by atoms with Gasteiger partial charge in [-0.05, 0) is 37.8 Å². The third-order valence-corrected chi connectivity index (χ3v) is 3.66. The Morgan fingerprint density at radius 3 is 3.00 bits per heavy atom. The van der Waals surface area contributed by atoms with E-state index >= 15 is 0 Å². The molecule has 3 rings (SSSR count). The molecule has 0 atom stereocenters. The zero-order valence-corrected chi connectivity index (χ0v) is 11.5. The molecular weight excluding hydrogens is 254 g/mol. The minimum atomic E-state index is -0.237. The van der Waals surface area contributed by atoms with Crippen molar-refractivity contribution in [2.75, 3.05) is 5.32 Å². The first kappa shape index (κ1) is 12.8. The molecule has 1 N–H and O–H groups in total. The van der Waals surface area contributed by atoms with E-state index in [1.165, 1.54) is 6.42 Å². The summed E-state index contributed by atoms with van der Waals surface area (Å²) in [4.78, 5) is 16.5. The van der Waals surface area contributed by atoms with E-state index in [1.54, 1.807) is 6.20 Å². The Hall–Kier alpha value is -2.17.